The van der Waals surface area contributed by atoms with Crippen LogP contribution in [0.15, 0.2) is 0 Å². The summed E-state index contributed by atoms with van der Waals surface area (Å²) in [5, 5.41) is 20.9. The lowest BCUT2D eigenvalue weighted by Crippen LogP contribution is -2.57. The van der Waals surface area contributed by atoms with Crippen molar-refractivity contribution >= 4 is 0 Å². The van der Waals surface area contributed by atoms with Gasteiger partial charge in [0.1, 0.15) is 0 Å². The highest BCUT2D eigenvalue weighted by Gasteiger charge is 2.69. The van der Waals surface area contributed by atoms with Gasteiger partial charge in [0.25, 0.3) is 0 Å². The molecule has 31 heavy (non-hydrogen) atoms. The molecule has 2 heterocycles. The van der Waals surface area contributed by atoms with Crippen LogP contribution in [0, 0.1) is 52.3 Å². The molecule has 4 aliphatic carbocycles. The maximum atomic E-state index is 10.6. The molecule has 2 saturated heterocycles. The van der Waals surface area contributed by atoms with E-state index in [2.05, 4.69) is 27.7 Å². The largest absolute Gasteiger partial charge is 0.390 e. The van der Waals surface area contributed by atoms with E-state index in [9.17, 15) is 10.2 Å². The van der Waals surface area contributed by atoms with Gasteiger partial charge in [0.2, 0.25) is 0 Å². The van der Waals surface area contributed by atoms with Crippen LogP contribution >= 0.6 is 0 Å². The normalized spacial score (nSPS) is 63.3. The Morgan fingerprint density at radius 3 is 2.39 bits per heavy atom. The Balaban J connectivity index is 1.26. The van der Waals surface area contributed by atoms with Crippen molar-refractivity contribution in [3.8, 4) is 0 Å². The van der Waals surface area contributed by atoms with Gasteiger partial charge >= 0.3 is 0 Å². The average molecular weight is 433 g/mol. The van der Waals surface area contributed by atoms with Gasteiger partial charge in [0.05, 0.1) is 24.9 Å². The maximum absolute atomic E-state index is 10.6. The Labute approximate surface area is 188 Å². The molecule has 6 aliphatic rings. The minimum Gasteiger partial charge on any atom is -0.390 e. The number of hydrogen-bond donors (Lipinski definition) is 2. The second-order valence-electron chi connectivity index (χ2n) is 13.2. The Kier molecular flexibility index (Phi) is 4.78. The smallest absolute Gasteiger partial charge is 0.171 e. The number of hydrogen-bond acceptors (Lipinski definition) is 4. The zero-order valence-corrected chi connectivity index (χ0v) is 20.1. The van der Waals surface area contributed by atoms with Crippen LogP contribution in [0.5, 0.6) is 0 Å². The van der Waals surface area contributed by atoms with E-state index in [4.69, 9.17) is 9.47 Å². The third-order valence-corrected chi connectivity index (χ3v) is 12.0. The molecule has 2 N–H and O–H groups in total. The molecular weight excluding hydrogens is 388 g/mol. The number of aliphatic hydroxyl groups excluding tert-OH is 2. The number of aliphatic hydroxyl groups is 2. The Morgan fingerprint density at radius 2 is 1.65 bits per heavy atom. The lowest BCUT2D eigenvalue weighted by Gasteiger charge is -2.61. The highest BCUT2D eigenvalue weighted by molar-refractivity contribution is 5.15. The molecule has 1 spiro atoms. The van der Waals surface area contributed by atoms with E-state index in [1.807, 2.05) is 0 Å². The standard InChI is InChI=1S/C27H44O4/c1-15-7-10-27(30-14-15)16(2)24-23(31-27)12-20-18-6-5-17-11-21(28)22(29)13-26(17,4)19(18)8-9-25(20,24)3/h15-24,28-29H,5-14H2,1-4H3/t15?,16?,17-,18?,19?,20?,21?,22+,23?,24?,25+,26+,27?/m1/s1. The lowest BCUT2D eigenvalue weighted by molar-refractivity contribution is -0.273. The minimum atomic E-state index is -0.537. The van der Waals surface area contributed by atoms with E-state index >= 15 is 0 Å². The fourth-order valence-corrected chi connectivity index (χ4v) is 10.3. The van der Waals surface area contributed by atoms with Crippen molar-refractivity contribution in [2.45, 2.75) is 110 Å². The summed E-state index contributed by atoms with van der Waals surface area (Å²) in [4.78, 5) is 0. The first kappa shape index (κ1) is 21.4. The van der Waals surface area contributed by atoms with E-state index in [1.165, 1.54) is 38.5 Å². The summed E-state index contributed by atoms with van der Waals surface area (Å²) in [7, 11) is 0. The van der Waals surface area contributed by atoms with Crippen LogP contribution in [0.2, 0.25) is 0 Å². The van der Waals surface area contributed by atoms with E-state index in [0.29, 0.717) is 41.1 Å². The molecule has 6 rings (SSSR count). The number of fused-ring (bicyclic) bond motifs is 7. The molecule has 9 unspecified atom stereocenters. The first-order chi connectivity index (χ1) is 14.7. The Hall–Kier alpha value is -0.160. The van der Waals surface area contributed by atoms with Crippen LogP contribution in [0.3, 0.4) is 0 Å². The van der Waals surface area contributed by atoms with Gasteiger partial charge in [0, 0.05) is 12.3 Å². The molecule has 0 aromatic heterocycles. The Bertz CT molecular complexity index is 716. The second-order valence-corrected chi connectivity index (χ2v) is 13.2. The molecular formula is C27H44O4. The molecule has 6 fully saturated rings. The van der Waals surface area contributed by atoms with Crippen LogP contribution in [-0.4, -0.2) is 40.9 Å². The summed E-state index contributed by atoms with van der Waals surface area (Å²) >= 11 is 0. The molecule has 4 saturated carbocycles. The summed E-state index contributed by atoms with van der Waals surface area (Å²) in [5.41, 5.74) is 0.550. The van der Waals surface area contributed by atoms with Gasteiger partial charge in [-0.25, -0.2) is 0 Å². The molecule has 0 aromatic carbocycles. The third kappa shape index (κ3) is 2.80. The predicted molar refractivity (Wildman–Crippen MR) is 119 cm³/mol. The van der Waals surface area contributed by atoms with Crippen molar-refractivity contribution in [1.29, 1.82) is 0 Å². The van der Waals surface area contributed by atoms with Gasteiger partial charge in [-0.1, -0.05) is 27.7 Å². The first-order valence-corrected chi connectivity index (χ1v) is 13.4. The monoisotopic (exact) mass is 432 g/mol. The summed E-state index contributed by atoms with van der Waals surface area (Å²) in [6.45, 7) is 10.6. The van der Waals surface area contributed by atoms with Crippen LogP contribution in [0.4, 0.5) is 0 Å². The average Bonchev–Trinajstić information content (AvgIpc) is 3.16. The molecule has 0 radical (unpaired) electrons. The predicted octanol–water partition coefficient (Wildman–Crippen LogP) is 4.76. The lowest BCUT2D eigenvalue weighted by atomic mass is 9.44. The van der Waals surface area contributed by atoms with Gasteiger partial charge in [-0.15, -0.1) is 0 Å². The van der Waals surface area contributed by atoms with E-state index in [0.717, 1.165) is 37.7 Å². The zero-order valence-electron chi connectivity index (χ0n) is 20.1. The molecule has 0 aromatic rings. The van der Waals surface area contributed by atoms with Crippen molar-refractivity contribution in [3.05, 3.63) is 0 Å². The van der Waals surface area contributed by atoms with E-state index < -0.39 is 12.2 Å². The SMILES string of the molecule is CC1CCC2(OC1)OC1CC3C4CC[C@@H]5CC(O)[C@@H](O)C[C@]5(C)C4CC[C@]3(C)C1C2C. The fraction of sp³-hybridized carbons (Fsp3) is 1.00. The third-order valence-electron chi connectivity index (χ3n) is 12.0. The molecule has 4 nitrogen and oxygen atoms in total. The van der Waals surface area contributed by atoms with Gasteiger partial charge < -0.3 is 19.7 Å². The number of ether oxygens (including phenoxy) is 2. The molecule has 0 amide bonds. The Morgan fingerprint density at radius 1 is 0.839 bits per heavy atom. The van der Waals surface area contributed by atoms with Crippen molar-refractivity contribution in [1.82, 2.24) is 0 Å². The molecule has 0 bridgehead atoms. The molecule has 2 aliphatic heterocycles. The van der Waals surface area contributed by atoms with Crippen LogP contribution in [0.25, 0.3) is 0 Å². The van der Waals surface area contributed by atoms with Crippen LogP contribution < -0.4 is 0 Å². The quantitative estimate of drug-likeness (QED) is 0.579. The molecule has 13 atom stereocenters. The zero-order chi connectivity index (χ0) is 21.8. The van der Waals surface area contributed by atoms with Crippen molar-refractivity contribution in [2.75, 3.05) is 6.61 Å². The minimum absolute atomic E-state index is 0.191. The van der Waals surface area contributed by atoms with Crippen LogP contribution in [0.1, 0.15) is 85.5 Å². The van der Waals surface area contributed by atoms with Gasteiger partial charge in [-0.2, -0.15) is 0 Å². The summed E-state index contributed by atoms with van der Waals surface area (Å²) in [5.74, 6) is 4.21. The van der Waals surface area contributed by atoms with Gasteiger partial charge in [-0.3, -0.25) is 0 Å². The topological polar surface area (TPSA) is 58.9 Å². The second kappa shape index (κ2) is 6.93. The van der Waals surface area contributed by atoms with Crippen molar-refractivity contribution < 1.29 is 19.7 Å². The first-order valence-electron chi connectivity index (χ1n) is 13.4. The maximum Gasteiger partial charge on any atom is 0.171 e. The highest BCUT2D eigenvalue weighted by Crippen LogP contribution is 2.71. The van der Waals surface area contributed by atoms with Crippen molar-refractivity contribution in [3.63, 3.8) is 0 Å². The summed E-state index contributed by atoms with van der Waals surface area (Å²) in [6, 6.07) is 0. The molecule has 176 valence electrons. The van der Waals surface area contributed by atoms with Gasteiger partial charge in [-0.05, 0) is 97.7 Å². The summed E-state index contributed by atoms with van der Waals surface area (Å²) < 4.78 is 13.3. The molecule has 4 heteroatoms. The highest BCUT2D eigenvalue weighted by atomic mass is 16.7. The van der Waals surface area contributed by atoms with Crippen LogP contribution in [-0.2, 0) is 9.47 Å². The van der Waals surface area contributed by atoms with E-state index in [-0.39, 0.29) is 11.2 Å². The van der Waals surface area contributed by atoms with E-state index in [1.54, 1.807) is 0 Å². The van der Waals surface area contributed by atoms with Crippen molar-refractivity contribution in [2.24, 2.45) is 52.3 Å². The fourth-order valence-electron chi connectivity index (χ4n) is 10.3. The summed E-state index contributed by atoms with van der Waals surface area (Å²) in [6.07, 6.45) is 9.51. The van der Waals surface area contributed by atoms with Gasteiger partial charge in [0.15, 0.2) is 5.79 Å². The number of rotatable bonds is 0.